The van der Waals surface area contributed by atoms with Gasteiger partial charge in [-0.25, -0.2) is 9.97 Å². The van der Waals surface area contributed by atoms with Gasteiger partial charge in [0.15, 0.2) is 0 Å². The molecular weight excluding hydrogens is 304 g/mol. The number of likely N-dealkylation sites (tertiary alicyclic amines) is 1. The second kappa shape index (κ2) is 6.41. The lowest BCUT2D eigenvalue weighted by Gasteiger charge is -2.49. The molecule has 24 heavy (non-hydrogen) atoms. The van der Waals surface area contributed by atoms with Gasteiger partial charge in [0.2, 0.25) is 0 Å². The predicted molar refractivity (Wildman–Crippen MR) is 89.6 cm³/mol. The van der Waals surface area contributed by atoms with Crippen LogP contribution in [0.5, 0.6) is 0 Å². The molecule has 130 valence electrons. The predicted octanol–water partition coefficient (Wildman–Crippen LogP) is 1.18. The van der Waals surface area contributed by atoms with Crippen molar-refractivity contribution in [2.45, 2.75) is 38.0 Å². The van der Waals surface area contributed by atoms with Crippen molar-refractivity contribution in [3.8, 4) is 0 Å². The number of rotatable bonds is 3. The first-order valence-electron chi connectivity index (χ1n) is 9.15. The zero-order valence-corrected chi connectivity index (χ0v) is 14.1. The van der Waals surface area contributed by atoms with Crippen LogP contribution in [-0.4, -0.2) is 58.7 Å². The number of aliphatic hydroxyl groups is 1. The molecule has 6 nitrogen and oxygen atoms in total. The monoisotopic (exact) mass is 330 g/mol. The molecule has 2 N–H and O–H groups in total. The lowest BCUT2D eigenvalue weighted by Crippen LogP contribution is -2.53. The summed E-state index contributed by atoms with van der Waals surface area (Å²) >= 11 is 0. The smallest absolute Gasteiger partial charge is 0.256 e. The molecule has 4 rings (SSSR count). The van der Waals surface area contributed by atoms with Gasteiger partial charge in [0, 0.05) is 50.5 Å². The normalized spacial score (nSPS) is 26.5. The maximum Gasteiger partial charge on any atom is 0.256 e. The number of piperidine rings is 2. The van der Waals surface area contributed by atoms with Crippen molar-refractivity contribution in [2.75, 3.05) is 32.8 Å². The van der Waals surface area contributed by atoms with E-state index < -0.39 is 0 Å². The third-order valence-electron chi connectivity index (χ3n) is 6.18. The van der Waals surface area contributed by atoms with Crippen molar-refractivity contribution < 1.29 is 9.90 Å². The van der Waals surface area contributed by atoms with E-state index in [4.69, 9.17) is 0 Å². The molecule has 6 heteroatoms. The lowest BCUT2D eigenvalue weighted by molar-refractivity contribution is -0.00117. The summed E-state index contributed by atoms with van der Waals surface area (Å²) in [7, 11) is 0. The van der Waals surface area contributed by atoms with Gasteiger partial charge in [-0.05, 0) is 44.1 Å². The Balaban J connectivity index is 1.40. The van der Waals surface area contributed by atoms with E-state index in [1.165, 1.54) is 12.8 Å². The second-order valence-corrected chi connectivity index (χ2v) is 7.59. The number of carbonyl (C=O) groups is 1. The Labute approximate surface area is 142 Å². The lowest BCUT2D eigenvalue weighted by atomic mass is 9.65. The van der Waals surface area contributed by atoms with E-state index in [0.29, 0.717) is 17.4 Å². The zero-order chi connectivity index (χ0) is 16.6. The van der Waals surface area contributed by atoms with E-state index in [1.54, 1.807) is 12.4 Å². The summed E-state index contributed by atoms with van der Waals surface area (Å²) in [5.41, 5.74) is 0.794. The number of amides is 1. The van der Waals surface area contributed by atoms with Crippen LogP contribution in [0.4, 0.5) is 0 Å². The number of nitrogens with one attached hydrogen (secondary N) is 1. The number of hydrogen-bond acceptors (Lipinski definition) is 5. The second-order valence-electron chi connectivity index (χ2n) is 7.59. The van der Waals surface area contributed by atoms with Crippen LogP contribution in [0.3, 0.4) is 0 Å². The highest BCUT2D eigenvalue weighted by Crippen LogP contribution is 2.43. The Bertz CT molecular complexity index is 592. The minimum Gasteiger partial charge on any atom is -0.396 e. The average molecular weight is 330 g/mol. The molecule has 0 bridgehead atoms. The van der Waals surface area contributed by atoms with Crippen LogP contribution >= 0.6 is 0 Å². The minimum atomic E-state index is 0.0432. The Morgan fingerprint density at radius 3 is 2.58 bits per heavy atom. The summed E-state index contributed by atoms with van der Waals surface area (Å²) < 4.78 is 0. The van der Waals surface area contributed by atoms with Gasteiger partial charge < -0.3 is 15.3 Å². The fourth-order valence-corrected chi connectivity index (χ4v) is 4.29. The molecule has 1 spiro atoms. The van der Waals surface area contributed by atoms with Crippen LogP contribution in [0.15, 0.2) is 12.4 Å². The minimum absolute atomic E-state index is 0.0432. The van der Waals surface area contributed by atoms with Crippen molar-refractivity contribution in [1.82, 2.24) is 20.2 Å². The van der Waals surface area contributed by atoms with Gasteiger partial charge in [-0.2, -0.15) is 0 Å². The van der Waals surface area contributed by atoms with Gasteiger partial charge in [-0.3, -0.25) is 4.79 Å². The number of aromatic nitrogens is 2. The summed E-state index contributed by atoms with van der Waals surface area (Å²) in [5.74, 6) is 1.75. The molecule has 3 fully saturated rings. The first-order valence-corrected chi connectivity index (χ1v) is 9.15. The summed E-state index contributed by atoms with van der Waals surface area (Å²) in [6.07, 6.45) is 8.77. The van der Waals surface area contributed by atoms with Crippen LogP contribution in [0.2, 0.25) is 0 Å². The topological polar surface area (TPSA) is 78.4 Å². The summed E-state index contributed by atoms with van der Waals surface area (Å²) in [6.45, 7) is 3.67. The van der Waals surface area contributed by atoms with Crippen LogP contribution < -0.4 is 5.32 Å². The van der Waals surface area contributed by atoms with Gasteiger partial charge in [-0.15, -0.1) is 0 Å². The van der Waals surface area contributed by atoms with Crippen molar-refractivity contribution in [3.63, 3.8) is 0 Å². The molecule has 1 aromatic heterocycles. The molecule has 2 aliphatic heterocycles. The largest absolute Gasteiger partial charge is 0.396 e. The summed E-state index contributed by atoms with van der Waals surface area (Å²) in [6, 6.07) is 0. The zero-order valence-electron chi connectivity index (χ0n) is 14.1. The fraction of sp³-hybridized carbons (Fsp3) is 0.722. The van der Waals surface area contributed by atoms with Crippen molar-refractivity contribution >= 4 is 5.91 Å². The van der Waals surface area contributed by atoms with Crippen LogP contribution in [-0.2, 0) is 0 Å². The van der Waals surface area contributed by atoms with E-state index in [1.807, 2.05) is 4.90 Å². The molecule has 1 saturated carbocycles. The third kappa shape index (κ3) is 2.93. The van der Waals surface area contributed by atoms with Crippen LogP contribution in [0, 0.1) is 11.3 Å². The molecule has 1 aromatic rings. The fourth-order valence-electron chi connectivity index (χ4n) is 4.29. The van der Waals surface area contributed by atoms with E-state index in [0.717, 1.165) is 51.3 Å². The highest BCUT2D eigenvalue weighted by Gasteiger charge is 2.43. The molecule has 1 atom stereocenters. The van der Waals surface area contributed by atoms with Crippen LogP contribution in [0.25, 0.3) is 0 Å². The molecule has 1 amide bonds. The molecule has 1 unspecified atom stereocenters. The average Bonchev–Trinajstić information content (AvgIpc) is 3.48. The quantitative estimate of drug-likeness (QED) is 0.870. The van der Waals surface area contributed by atoms with E-state index in [-0.39, 0.29) is 17.9 Å². The SMILES string of the molecule is O=C(c1cnc(C2CC2)nc1)N1CCC2(CCNCC2CO)CC1. The third-order valence-corrected chi connectivity index (χ3v) is 6.18. The van der Waals surface area contributed by atoms with Crippen LogP contribution in [0.1, 0.15) is 54.2 Å². The highest BCUT2D eigenvalue weighted by molar-refractivity contribution is 5.93. The van der Waals surface area contributed by atoms with Crippen molar-refractivity contribution in [1.29, 1.82) is 0 Å². The maximum atomic E-state index is 12.7. The highest BCUT2D eigenvalue weighted by atomic mass is 16.3. The number of aliphatic hydroxyl groups excluding tert-OH is 1. The summed E-state index contributed by atoms with van der Waals surface area (Å²) in [4.78, 5) is 23.4. The molecular formula is C18H26N4O2. The summed E-state index contributed by atoms with van der Waals surface area (Å²) in [5, 5.41) is 13.1. The molecule has 0 radical (unpaired) electrons. The van der Waals surface area contributed by atoms with Crippen molar-refractivity contribution in [3.05, 3.63) is 23.8 Å². The standard InChI is InChI=1S/C18H26N4O2/c23-12-15-11-19-6-3-18(15)4-7-22(8-5-18)17(24)14-9-20-16(21-10-14)13-1-2-13/h9-10,13,15,19,23H,1-8,11-12H2. The molecule has 1 aliphatic carbocycles. The van der Waals surface area contributed by atoms with Gasteiger partial charge >= 0.3 is 0 Å². The maximum absolute atomic E-state index is 12.7. The Morgan fingerprint density at radius 1 is 1.25 bits per heavy atom. The Hall–Kier alpha value is -1.53. The molecule has 3 aliphatic rings. The van der Waals surface area contributed by atoms with Gasteiger partial charge in [0.05, 0.1) is 5.56 Å². The number of nitrogens with zero attached hydrogens (tertiary/aromatic N) is 3. The Morgan fingerprint density at radius 2 is 1.96 bits per heavy atom. The van der Waals surface area contributed by atoms with Crippen molar-refractivity contribution in [2.24, 2.45) is 11.3 Å². The molecule has 0 aromatic carbocycles. The van der Waals surface area contributed by atoms with E-state index in [9.17, 15) is 9.90 Å². The van der Waals surface area contributed by atoms with Gasteiger partial charge in [0.1, 0.15) is 5.82 Å². The number of carbonyl (C=O) groups excluding carboxylic acids is 1. The number of hydrogen-bond donors (Lipinski definition) is 2. The van der Waals surface area contributed by atoms with E-state index >= 15 is 0 Å². The van der Waals surface area contributed by atoms with Gasteiger partial charge in [-0.1, -0.05) is 0 Å². The Kier molecular flexibility index (Phi) is 4.26. The first-order chi connectivity index (χ1) is 11.7. The van der Waals surface area contributed by atoms with Gasteiger partial charge in [0.25, 0.3) is 5.91 Å². The van der Waals surface area contributed by atoms with E-state index in [2.05, 4.69) is 15.3 Å². The molecule has 3 heterocycles. The first kappa shape index (κ1) is 16.0. The molecule has 2 saturated heterocycles.